The lowest BCUT2D eigenvalue weighted by molar-refractivity contribution is -0.201. The van der Waals surface area contributed by atoms with Gasteiger partial charge in [0.15, 0.2) is 5.72 Å². The lowest BCUT2D eigenvalue weighted by Gasteiger charge is -2.43. The van der Waals surface area contributed by atoms with Gasteiger partial charge < -0.3 is 25.8 Å². The number of rotatable bonds is 7. The predicted molar refractivity (Wildman–Crippen MR) is 103 cm³/mol. The van der Waals surface area contributed by atoms with Gasteiger partial charge in [0, 0.05) is 12.6 Å². The highest BCUT2D eigenvalue weighted by molar-refractivity contribution is 5.26. The Labute approximate surface area is 163 Å². The van der Waals surface area contributed by atoms with Crippen LogP contribution in [0.25, 0.3) is 0 Å². The fourth-order valence-corrected chi connectivity index (χ4v) is 3.99. The van der Waals surface area contributed by atoms with Crippen molar-refractivity contribution in [3.63, 3.8) is 0 Å². The summed E-state index contributed by atoms with van der Waals surface area (Å²) in [7, 11) is 0. The molecule has 0 radical (unpaired) electrons. The van der Waals surface area contributed by atoms with E-state index in [2.05, 4.69) is 4.98 Å². The maximum Gasteiger partial charge on any atom is 0.351 e. The molecule has 5 N–H and O–H groups in total. The van der Waals surface area contributed by atoms with Crippen LogP contribution < -0.4 is 11.4 Å². The van der Waals surface area contributed by atoms with Gasteiger partial charge >= 0.3 is 5.69 Å². The topological polar surface area (TPSA) is 131 Å². The van der Waals surface area contributed by atoms with Crippen molar-refractivity contribution in [1.82, 2.24) is 9.55 Å². The van der Waals surface area contributed by atoms with Crippen LogP contribution in [0.1, 0.15) is 31.7 Å². The highest BCUT2D eigenvalue weighted by Crippen LogP contribution is 2.48. The summed E-state index contributed by atoms with van der Waals surface area (Å²) in [5, 5.41) is 32.3. The van der Waals surface area contributed by atoms with Gasteiger partial charge in [-0.1, -0.05) is 50.1 Å². The molecular formula is C20H27N3O5. The van der Waals surface area contributed by atoms with Crippen LogP contribution in [-0.4, -0.2) is 49.3 Å². The van der Waals surface area contributed by atoms with E-state index in [1.807, 2.05) is 37.3 Å². The van der Waals surface area contributed by atoms with Crippen molar-refractivity contribution in [1.29, 1.82) is 0 Å². The van der Waals surface area contributed by atoms with Gasteiger partial charge in [0.25, 0.3) is 0 Å². The number of unbranched alkanes of at least 4 members (excludes halogenated alkanes) is 1. The molecule has 3 rings (SSSR count). The van der Waals surface area contributed by atoms with Crippen molar-refractivity contribution < 1.29 is 20.1 Å². The first-order valence-corrected chi connectivity index (χ1v) is 9.46. The molecule has 1 aliphatic heterocycles. The molecule has 2 aromatic rings. The van der Waals surface area contributed by atoms with Gasteiger partial charge in [-0.05, 0) is 18.1 Å². The minimum Gasteiger partial charge on any atom is -0.394 e. The fourth-order valence-electron chi connectivity index (χ4n) is 3.99. The Hall–Kier alpha value is -2.26. The maximum absolute atomic E-state index is 12.7. The number of anilines is 1. The molecule has 1 aliphatic rings. The first kappa shape index (κ1) is 20.5. The minimum absolute atomic E-state index is 0.0467. The third-order valence-corrected chi connectivity index (χ3v) is 5.46. The summed E-state index contributed by atoms with van der Waals surface area (Å²) in [6, 6.07) is 10.7. The molecule has 2 heterocycles. The van der Waals surface area contributed by atoms with Crippen molar-refractivity contribution in [2.75, 3.05) is 12.3 Å². The Morgan fingerprint density at radius 2 is 2.00 bits per heavy atom. The summed E-state index contributed by atoms with van der Waals surface area (Å²) in [6.45, 7) is 1.47. The second kappa shape index (κ2) is 8.00. The number of aliphatic hydroxyl groups is 3. The summed E-state index contributed by atoms with van der Waals surface area (Å²) in [6.07, 6.45) is 0.652. The maximum atomic E-state index is 12.7. The molecule has 8 heteroatoms. The van der Waals surface area contributed by atoms with Crippen LogP contribution in [0.5, 0.6) is 0 Å². The third kappa shape index (κ3) is 3.33. The number of aliphatic hydroxyl groups excluding tert-OH is 2. The molecule has 0 spiro atoms. The Morgan fingerprint density at radius 3 is 2.61 bits per heavy atom. The van der Waals surface area contributed by atoms with Crippen LogP contribution in [0, 0.1) is 0 Å². The van der Waals surface area contributed by atoms with Gasteiger partial charge in [0.05, 0.1) is 6.61 Å². The molecule has 0 unspecified atom stereocenters. The van der Waals surface area contributed by atoms with Crippen LogP contribution >= 0.6 is 0 Å². The van der Waals surface area contributed by atoms with E-state index in [0.717, 1.165) is 12.0 Å². The van der Waals surface area contributed by atoms with Crippen LogP contribution in [-0.2, 0) is 16.9 Å². The second-order valence-corrected chi connectivity index (χ2v) is 7.26. The van der Waals surface area contributed by atoms with E-state index in [1.165, 1.54) is 16.8 Å². The summed E-state index contributed by atoms with van der Waals surface area (Å²) in [4.78, 5) is 16.5. The van der Waals surface area contributed by atoms with Crippen molar-refractivity contribution in [2.24, 2.45) is 0 Å². The van der Waals surface area contributed by atoms with Crippen molar-refractivity contribution in [3.8, 4) is 0 Å². The van der Waals surface area contributed by atoms with Gasteiger partial charge in [0.2, 0.25) is 0 Å². The lowest BCUT2D eigenvalue weighted by Crippen LogP contribution is -2.61. The number of hydrogen-bond acceptors (Lipinski definition) is 7. The Balaban J connectivity index is 2.22. The van der Waals surface area contributed by atoms with Crippen LogP contribution in [0.15, 0.2) is 47.4 Å². The fraction of sp³-hybridized carbons (Fsp3) is 0.500. The highest BCUT2D eigenvalue weighted by atomic mass is 16.6. The molecule has 0 aliphatic carbocycles. The van der Waals surface area contributed by atoms with E-state index in [-0.39, 0.29) is 18.7 Å². The zero-order valence-corrected chi connectivity index (χ0v) is 15.9. The smallest absolute Gasteiger partial charge is 0.351 e. The molecule has 0 bridgehead atoms. The standard InChI is InChI=1S/C20H27N3O5/c1-2-3-10-19(27)17(25)15(13-24)28-20(19,12-14-7-5-4-6-8-14)23-11-9-16(21)22-18(23)26/h4-9,11,15,17,24-25,27H,2-3,10,12-13H2,1H3,(H2,21,22,26)/t15-,17-,19-,20-/m1/s1. The van der Waals surface area contributed by atoms with Gasteiger partial charge in [0.1, 0.15) is 23.6 Å². The Bertz CT molecular complexity index is 858. The van der Waals surface area contributed by atoms with E-state index in [4.69, 9.17) is 10.5 Å². The number of aromatic nitrogens is 2. The van der Waals surface area contributed by atoms with E-state index in [0.29, 0.717) is 6.42 Å². The highest BCUT2D eigenvalue weighted by Gasteiger charge is 2.65. The van der Waals surface area contributed by atoms with Gasteiger partial charge in [-0.25, -0.2) is 4.79 Å². The second-order valence-electron chi connectivity index (χ2n) is 7.26. The lowest BCUT2D eigenvalue weighted by atomic mass is 9.78. The summed E-state index contributed by atoms with van der Waals surface area (Å²) >= 11 is 0. The molecular weight excluding hydrogens is 362 g/mol. The molecule has 0 amide bonds. The number of nitrogen functional groups attached to an aromatic ring is 1. The van der Waals surface area contributed by atoms with Crippen LogP contribution in [0.4, 0.5) is 5.82 Å². The van der Waals surface area contributed by atoms with Gasteiger partial charge in [-0.2, -0.15) is 4.98 Å². The van der Waals surface area contributed by atoms with E-state index >= 15 is 0 Å². The first-order chi connectivity index (χ1) is 13.4. The molecule has 1 aromatic heterocycles. The van der Waals surface area contributed by atoms with E-state index < -0.39 is 35.8 Å². The van der Waals surface area contributed by atoms with Crippen LogP contribution in [0.3, 0.4) is 0 Å². The minimum atomic E-state index is -1.81. The normalized spacial score (nSPS) is 29.9. The third-order valence-electron chi connectivity index (χ3n) is 5.46. The molecule has 1 fully saturated rings. The summed E-state index contributed by atoms with van der Waals surface area (Å²) < 4.78 is 7.25. The number of nitrogens with two attached hydrogens (primary N) is 1. The van der Waals surface area contributed by atoms with Crippen LogP contribution in [0.2, 0.25) is 0 Å². The number of ether oxygens (including phenoxy) is 1. The number of nitrogens with zero attached hydrogens (tertiary/aromatic N) is 2. The summed E-state index contributed by atoms with van der Waals surface area (Å²) in [5.41, 5.74) is 2.28. The molecule has 1 saturated heterocycles. The SMILES string of the molecule is CCCC[C@@]1(O)[C@H](O)[C@@H](CO)O[C@@]1(Cc1ccccc1)n1ccc(N)nc1=O. The summed E-state index contributed by atoms with van der Waals surface area (Å²) in [5.74, 6) is 0.0467. The molecule has 1 aromatic carbocycles. The van der Waals surface area contributed by atoms with E-state index in [9.17, 15) is 20.1 Å². The zero-order chi connectivity index (χ0) is 20.4. The van der Waals surface area contributed by atoms with Gasteiger partial charge in [-0.15, -0.1) is 0 Å². The Morgan fingerprint density at radius 1 is 1.29 bits per heavy atom. The zero-order valence-electron chi connectivity index (χ0n) is 15.9. The average molecular weight is 389 g/mol. The largest absolute Gasteiger partial charge is 0.394 e. The molecule has 0 saturated carbocycles. The molecule has 28 heavy (non-hydrogen) atoms. The van der Waals surface area contributed by atoms with Crippen molar-refractivity contribution in [2.45, 2.75) is 56.1 Å². The predicted octanol–water partition coefficient (Wildman–Crippen LogP) is 0.394. The average Bonchev–Trinajstić information content (AvgIpc) is 2.89. The van der Waals surface area contributed by atoms with Crippen molar-refractivity contribution in [3.05, 3.63) is 58.6 Å². The van der Waals surface area contributed by atoms with Gasteiger partial charge in [-0.3, -0.25) is 4.57 Å². The monoisotopic (exact) mass is 389 g/mol. The van der Waals surface area contributed by atoms with E-state index in [1.54, 1.807) is 0 Å². The quantitative estimate of drug-likeness (QED) is 0.539. The molecule has 4 atom stereocenters. The number of benzene rings is 1. The number of hydrogen-bond donors (Lipinski definition) is 4. The molecule has 152 valence electrons. The first-order valence-electron chi connectivity index (χ1n) is 9.46. The Kier molecular flexibility index (Phi) is 5.85. The molecule has 8 nitrogen and oxygen atoms in total. The van der Waals surface area contributed by atoms with Crippen molar-refractivity contribution >= 4 is 5.82 Å².